The zero-order valence-corrected chi connectivity index (χ0v) is 8.03. The standard InChI is InChI=1S/C9H17NO3/c1-10(4-2-9(11)12)6-8-3-5-13-7-8/h8H,2-7H2,1H3,(H,11,12). The molecule has 1 rings (SSSR count). The number of hydrogen-bond acceptors (Lipinski definition) is 3. The molecule has 1 atom stereocenters. The molecule has 13 heavy (non-hydrogen) atoms. The van der Waals surface area contributed by atoms with E-state index >= 15 is 0 Å². The minimum absolute atomic E-state index is 0.226. The molecule has 0 aromatic rings. The molecule has 0 aliphatic carbocycles. The van der Waals surface area contributed by atoms with Crippen molar-refractivity contribution in [2.75, 3.05) is 33.4 Å². The second-order valence-electron chi connectivity index (χ2n) is 3.64. The molecule has 0 saturated carbocycles. The molecule has 4 heteroatoms. The average Bonchev–Trinajstić information content (AvgIpc) is 2.53. The van der Waals surface area contributed by atoms with Crippen LogP contribution in [0.3, 0.4) is 0 Å². The summed E-state index contributed by atoms with van der Waals surface area (Å²) in [6, 6.07) is 0. The third kappa shape index (κ3) is 4.24. The van der Waals surface area contributed by atoms with E-state index in [9.17, 15) is 4.79 Å². The fraction of sp³-hybridized carbons (Fsp3) is 0.889. The predicted octanol–water partition coefficient (Wildman–Crippen LogP) is 0.429. The molecule has 0 bridgehead atoms. The molecular formula is C9H17NO3. The van der Waals surface area contributed by atoms with E-state index in [4.69, 9.17) is 9.84 Å². The Kier molecular flexibility index (Phi) is 4.18. The normalized spacial score (nSPS) is 22.5. The molecule has 76 valence electrons. The number of ether oxygens (including phenoxy) is 1. The minimum Gasteiger partial charge on any atom is -0.481 e. The Balaban J connectivity index is 2.09. The Bertz CT molecular complexity index is 166. The lowest BCUT2D eigenvalue weighted by Crippen LogP contribution is -2.28. The van der Waals surface area contributed by atoms with Gasteiger partial charge in [0.05, 0.1) is 13.0 Å². The molecule has 1 heterocycles. The summed E-state index contributed by atoms with van der Waals surface area (Å²) in [4.78, 5) is 12.4. The summed E-state index contributed by atoms with van der Waals surface area (Å²) >= 11 is 0. The lowest BCUT2D eigenvalue weighted by atomic mass is 10.1. The Morgan fingerprint density at radius 3 is 3.00 bits per heavy atom. The molecule has 1 aliphatic heterocycles. The first-order valence-electron chi connectivity index (χ1n) is 4.66. The monoisotopic (exact) mass is 187 g/mol. The maximum atomic E-state index is 10.3. The van der Waals surface area contributed by atoms with Gasteiger partial charge in [-0.1, -0.05) is 0 Å². The predicted molar refractivity (Wildman–Crippen MR) is 48.7 cm³/mol. The van der Waals surface area contributed by atoms with Crippen LogP contribution in [0, 0.1) is 5.92 Å². The smallest absolute Gasteiger partial charge is 0.304 e. The van der Waals surface area contributed by atoms with Gasteiger partial charge < -0.3 is 14.7 Å². The van der Waals surface area contributed by atoms with E-state index < -0.39 is 5.97 Å². The van der Waals surface area contributed by atoms with E-state index in [1.165, 1.54) is 0 Å². The molecule has 0 aromatic heterocycles. The quantitative estimate of drug-likeness (QED) is 0.678. The molecule has 0 amide bonds. The highest BCUT2D eigenvalue weighted by molar-refractivity contribution is 5.66. The number of carboxylic acids is 1. The number of rotatable bonds is 5. The van der Waals surface area contributed by atoms with Gasteiger partial charge >= 0.3 is 5.97 Å². The van der Waals surface area contributed by atoms with Gasteiger partial charge in [-0.3, -0.25) is 4.79 Å². The van der Waals surface area contributed by atoms with Crippen LogP contribution in [0.15, 0.2) is 0 Å². The van der Waals surface area contributed by atoms with Crippen LogP contribution in [-0.2, 0) is 9.53 Å². The van der Waals surface area contributed by atoms with Crippen molar-refractivity contribution in [2.45, 2.75) is 12.8 Å². The highest BCUT2D eigenvalue weighted by atomic mass is 16.5. The molecule has 1 saturated heterocycles. The van der Waals surface area contributed by atoms with Gasteiger partial charge in [0.15, 0.2) is 0 Å². The van der Waals surface area contributed by atoms with Crippen molar-refractivity contribution >= 4 is 5.97 Å². The van der Waals surface area contributed by atoms with Gasteiger partial charge in [0, 0.05) is 19.7 Å². The second-order valence-corrected chi connectivity index (χ2v) is 3.64. The molecule has 0 spiro atoms. The van der Waals surface area contributed by atoms with Gasteiger partial charge in [0.1, 0.15) is 0 Å². The maximum absolute atomic E-state index is 10.3. The summed E-state index contributed by atoms with van der Waals surface area (Å²) in [6.45, 7) is 3.27. The number of nitrogens with zero attached hydrogens (tertiary/aromatic N) is 1. The molecule has 1 fully saturated rings. The topological polar surface area (TPSA) is 49.8 Å². The SMILES string of the molecule is CN(CCC(=O)O)CC1CCOC1. The largest absolute Gasteiger partial charge is 0.481 e. The minimum atomic E-state index is -0.727. The molecule has 0 aromatic carbocycles. The molecular weight excluding hydrogens is 170 g/mol. The number of aliphatic carboxylic acids is 1. The van der Waals surface area contributed by atoms with Crippen molar-refractivity contribution in [3.05, 3.63) is 0 Å². The molecule has 1 unspecified atom stereocenters. The van der Waals surface area contributed by atoms with E-state index in [2.05, 4.69) is 4.90 Å². The average molecular weight is 187 g/mol. The van der Waals surface area contributed by atoms with Gasteiger partial charge in [-0.2, -0.15) is 0 Å². The van der Waals surface area contributed by atoms with Gasteiger partial charge in [0.25, 0.3) is 0 Å². The zero-order valence-electron chi connectivity index (χ0n) is 8.03. The lowest BCUT2D eigenvalue weighted by molar-refractivity contribution is -0.137. The van der Waals surface area contributed by atoms with Gasteiger partial charge in [-0.15, -0.1) is 0 Å². The summed E-state index contributed by atoms with van der Waals surface area (Å²) in [5.74, 6) is -0.131. The summed E-state index contributed by atoms with van der Waals surface area (Å²) in [6.07, 6.45) is 1.33. The van der Waals surface area contributed by atoms with Crippen LogP contribution in [0.1, 0.15) is 12.8 Å². The maximum Gasteiger partial charge on any atom is 0.304 e. The number of hydrogen-bond donors (Lipinski definition) is 1. The Morgan fingerprint density at radius 2 is 2.46 bits per heavy atom. The van der Waals surface area contributed by atoms with Crippen LogP contribution in [-0.4, -0.2) is 49.3 Å². The molecule has 1 aliphatic rings. The molecule has 1 N–H and O–H groups in total. The number of carboxylic acid groups (broad SMARTS) is 1. The van der Waals surface area contributed by atoms with Crippen molar-refractivity contribution in [3.63, 3.8) is 0 Å². The highest BCUT2D eigenvalue weighted by Gasteiger charge is 2.17. The van der Waals surface area contributed by atoms with Crippen LogP contribution >= 0.6 is 0 Å². The fourth-order valence-corrected chi connectivity index (χ4v) is 1.55. The van der Waals surface area contributed by atoms with Crippen LogP contribution in [0.4, 0.5) is 0 Å². The summed E-state index contributed by atoms with van der Waals surface area (Å²) in [5, 5.41) is 8.47. The van der Waals surface area contributed by atoms with Gasteiger partial charge in [-0.05, 0) is 19.4 Å². The summed E-state index contributed by atoms with van der Waals surface area (Å²) in [7, 11) is 1.96. The van der Waals surface area contributed by atoms with Crippen LogP contribution in [0.25, 0.3) is 0 Å². The van der Waals surface area contributed by atoms with E-state index in [1.54, 1.807) is 0 Å². The Labute approximate surface area is 78.5 Å². The van der Waals surface area contributed by atoms with Crippen molar-refractivity contribution in [3.8, 4) is 0 Å². The van der Waals surface area contributed by atoms with Crippen molar-refractivity contribution < 1.29 is 14.6 Å². The zero-order chi connectivity index (χ0) is 9.68. The first-order chi connectivity index (χ1) is 6.18. The first kappa shape index (κ1) is 10.5. The van der Waals surface area contributed by atoms with Crippen LogP contribution in [0.2, 0.25) is 0 Å². The fourth-order valence-electron chi connectivity index (χ4n) is 1.55. The Morgan fingerprint density at radius 1 is 1.69 bits per heavy atom. The first-order valence-corrected chi connectivity index (χ1v) is 4.66. The Hall–Kier alpha value is -0.610. The van der Waals surface area contributed by atoms with E-state index in [0.717, 1.165) is 26.2 Å². The van der Waals surface area contributed by atoms with E-state index in [0.29, 0.717) is 12.5 Å². The van der Waals surface area contributed by atoms with Crippen molar-refractivity contribution in [1.82, 2.24) is 4.90 Å². The van der Waals surface area contributed by atoms with Crippen LogP contribution < -0.4 is 0 Å². The summed E-state index contributed by atoms with van der Waals surface area (Å²) in [5.41, 5.74) is 0. The van der Waals surface area contributed by atoms with Crippen molar-refractivity contribution in [2.24, 2.45) is 5.92 Å². The third-order valence-corrected chi connectivity index (χ3v) is 2.30. The van der Waals surface area contributed by atoms with Crippen LogP contribution in [0.5, 0.6) is 0 Å². The van der Waals surface area contributed by atoms with Crippen molar-refractivity contribution in [1.29, 1.82) is 0 Å². The van der Waals surface area contributed by atoms with E-state index in [-0.39, 0.29) is 6.42 Å². The highest BCUT2D eigenvalue weighted by Crippen LogP contribution is 2.12. The third-order valence-electron chi connectivity index (χ3n) is 2.30. The molecule has 0 radical (unpaired) electrons. The summed E-state index contributed by atoms with van der Waals surface area (Å²) < 4.78 is 5.24. The lowest BCUT2D eigenvalue weighted by Gasteiger charge is -2.18. The van der Waals surface area contributed by atoms with Gasteiger partial charge in [0.2, 0.25) is 0 Å². The number of carbonyl (C=O) groups is 1. The van der Waals surface area contributed by atoms with E-state index in [1.807, 2.05) is 7.05 Å². The second kappa shape index (κ2) is 5.19. The van der Waals surface area contributed by atoms with Gasteiger partial charge in [-0.25, -0.2) is 0 Å². The molecule has 4 nitrogen and oxygen atoms in total.